The van der Waals surface area contributed by atoms with E-state index in [9.17, 15) is 21.6 Å². The molecule has 2 aromatic rings. The van der Waals surface area contributed by atoms with E-state index in [1.54, 1.807) is 12.1 Å². The van der Waals surface area contributed by atoms with Crippen LogP contribution in [0.2, 0.25) is 0 Å². The Morgan fingerprint density at radius 2 is 1.65 bits per heavy atom. The fourth-order valence-corrected chi connectivity index (χ4v) is 4.03. The number of hydrogen-bond donors (Lipinski definition) is 0. The van der Waals surface area contributed by atoms with Gasteiger partial charge in [0.1, 0.15) is 5.82 Å². The third kappa shape index (κ3) is 3.11. The molecule has 0 N–H and O–H groups in total. The number of halogens is 3. The predicted octanol–water partition coefficient (Wildman–Crippen LogP) is 3.03. The van der Waals surface area contributed by atoms with Crippen LogP contribution in [0.25, 0.3) is 0 Å². The van der Waals surface area contributed by atoms with Crippen molar-refractivity contribution < 1.29 is 21.6 Å². The lowest BCUT2D eigenvalue weighted by atomic mass is 10.1. The van der Waals surface area contributed by atoms with Crippen LogP contribution in [-0.4, -0.2) is 25.3 Å². The molecule has 1 unspecified atom stereocenters. The molecule has 0 amide bonds. The Hall–Kier alpha value is -1.86. The molecule has 1 saturated heterocycles. The molecule has 0 bridgehead atoms. The van der Waals surface area contributed by atoms with Crippen LogP contribution in [0.15, 0.2) is 41.3 Å². The van der Waals surface area contributed by atoms with Crippen molar-refractivity contribution in [3.63, 3.8) is 0 Å². The molecular formula is C16H14F3NO2S. The van der Waals surface area contributed by atoms with Crippen molar-refractivity contribution in [1.29, 1.82) is 0 Å². The normalized spacial score (nSPS) is 20.5. The second-order valence-electron chi connectivity index (χ2n) is 5.60. The highest BCUT2D eigenvalue weighted by Crippen LogP contribution is 2.31. The van der Waals surface area contributed by atoms with E-state index in [4.69, 9.17) is 0 Å². The second kappa shape index (κ2) is 5.65. The molecule has 0 spiro atoms. The van der Waals surface area contributed by atoms with Gasteiger partial charge in [-0.3, -0.25) is 0 Å². The zero-order chi connectivity index (χ0) is 16.8. The van der Waals surface area contributed by atoms with Crippen molar-refractivity contribution >= 4 is 10.0 Å². The van der Waals surface area contributed by atoms with E-state index in [2.05, 4.69) is 0 Å². The van der Waals surface area contributed by atoms with Crippen LogP contribution in [0.3, 0.4) is 0 Å². The summed E-state index contributed by atoms with van der Waals surface area (Å²) in [4.78, 5) is 0.163. The molecule has 1 fully saturated rings. The minimum absolute atomic E-state index is 0.00806. The van der Waals surface area contributed by atoms with E-state index in [1.165, 1.54) is 16.4 Å². The molecule has 0 aliphatic carbocycles. The van der Waals surface area contributed by atoms with Gasteiger partial charge < -0.3 is 0 Å². The van der Waals surface area contributed by atoms with Crippen molar-refractivity contribution in [3.05, 3.63) is 65.0 Å². The largest absolute Gasteiger partial charge is 0.243 e. The average molecular weight is 341 g/mol. The Morgan fingerprint density at radius 3 is 2.30 bits per heavy atom. The van der Waals surface area contributed by atoms with E-state index in [-0.39, 0.29) is 23.4 Å². The standard InChI is InChI=1S/C16H14F3NO2S/c1-10-2-4-13(5-3-10)23(21,22)20-9-12(20)6-11-7-15(18)16(19)8-14(11)17/h2-5,7-8,12H,6,9H2,1H3/t12-,20?/m1/s1. The van der Waals surface area contributed by atoms with Crippen molar-refractivity contribution in [1.82, 2.24) is 4.31 Å². The van der Waals surface area contributed by atoms with Gasteiger partial charge in [0.15, 0.2) is 11.6 Å². The summed E-state index contributed by atoms with van der Waals surface area (Å²) in [5.41, 5.74) is 0.908. The summed E-state index contributed by atoms with van der Waals surface area (Å²) in [7, 11) is -3.64. The van der Waals surface area contributed by atoms with Crippen molar-refractivity contribution in [2.75, 3.05) is 6.54 Å². The first-order chi connectivity index (χ1) is 10.8. The highest BCUT2D eigenvalue weighted by Gasteiger charge is 2.44. The molecule has 2 aromatic carbocycles. The minimum Gasteiger partial charge on any atom is -0.207 e. The first-order valence-electron chi connectivity index (χ1n) is 7.01. The van der Waals surface area contributed by atoms with Crippen LogP contribution < -0.4 is 0 Å². The monoisotopic (exact) mass is 341 g/mol. The third-order valence-corrected chi connectivity index (χ3v) is 5.77. The van der Waals surface area contributed by atoms with Crippen LogP contribution >= 0.6 is 0 Å². The van der Waals surface area contributed by atoms with Crippen molar-refractivity contribution in [2.45, 2.75) is 24.3 Å². The maximum Gasteiger partial charge on any atom is 0.243 e. The fraction of sp³-hybridized carbons (Fsp3) is 0.250. The molecule has 0 saturated carbocycles. The molecule has 1 aliphatic rings. The van der Waals surface area contributed by atoms with Crippen LogP contribution in [0.1, 0.15) is 11.1 Å². The van der Waals surface area contributed by atoms with Gasteiger partial charge in [0.05, 0.1) is 4.90 Å². The number of aryl methyl sites for hydroxylation is 1. The molecule has 7 heteroatoms. The lowest BCUT2D eigenvalue weighted by Gasteiger charge is -2.08. The number of benzene rings is 2. The van der Waals surface area contributed by atoms with Gasteiger partial charge in [-0.05, 0) is 37.1 Å². The Balaban J connectivity index is 1.77. The molecule has 2 atom stereocenters. The number of hydrogen-bond acceptors (Lipinski definition) is 2. The van der Waals surface area contributed by atoms with Crippen LogP contribution in [0.4, 0.5) is 13.2 Å². The predicted molar refractivity (Wildman–Crippen MR) is 78.9 cm³/mol. The van der Waals surface area contributed by atoms with Gasteiger partial charge in [-0.2, -0.15) is 4.31 Å². The van der Waals surface area contributed by atoms with Crippen molar-refractivity contribution in [3.8, 4) is 0 Å². The highest BCUT2D eigenvalue weighted by atomic mass is 32.2. The van der Waals surface area contributed by atoms with Gasteiger partial charge in [0.2, 0.25) is 10.0 Å². The lowest BCUT2D eigenvalue weighted by Crippen LogP contribution is -2.16. The first kappa shape index (κ1) is 16.0. The lowest BCUT2D eigenvalue weighted by molar-refractivity contribution is 0.488. The highest BCUT2D eigenvalue weighted by molar-refractivity contribution is 7.89. The average Bonchev–Trinajstić information content (AvgIpc) is 3.25. The Morgan fingerprint density at radius 1 is 1.04 bits per heavy atom. The summed E-state index contributed by atoms with van der Waals surface area (Å²) in [6, 6.07) is 7.23. The molecule has 1 aliphatic heterocycles. The van der Waals surface area contributed by atoms with Gasteiger partial charge >= 0.3 is 0 Å². The summed E-state index contributed by atoms with van der Waals surface area (Å²) in [6.45, 7) is 2.08. The minimum atomic E-state index is -3.64. The molecule has 122 valence electrons. The fourth-order valence-electron chi connectivity index (χ4n) is 2.44. The van der Waals surface area contributed by atoms with Gasteiger partial charge in [-0.1, -0.05) is 17.7 Å². The van der Waals surface area contributed by atoms with Crippen LogP contribution in [0, 0.1) is 24.4 Å². The van der Waals surface area contributed by atoms with Gasteiger partial charge in [-0.15, -0.1) is 0 Å². The zero-order valence-electron chi connectivity index (χ0n) is 12.3. The smallest absolute Gasteiger partial charge is 0.207 e. The third-order valence-electron chi connectivity index (χ3n) is 3.84. The van der Waals surface area contributed by atoms with Crippen LogP contribution in [-0.2, 0) is 16.4 Å². The topological polar surface area (TPSA) is 37.1 Å². The van der Waals surface area contributed by atoms with E-state index in [0.29, 0.717) is 6.07 Å². The van der Waals surface area contributed by atoms with Gasteiger partial charge in [0, 0.05) is 18.7 Å². The first-order valence-corrected chi connectivity index (χ1v) is 8.45. The number of sulfonamides is 1. The Kier molecular flexibility index (Phi) is 3.93. The molecule has 0 radical (unpaired) electrons. The van der Waals surface area contributed by atoms with Gasteiger partial charge in [0.25, 0.3) is 0 Å². The van der Waals surface area contributed by atoms with E-state index >= 15 is 0 Å². The molecule has 3 rings (SSSR count). The van der Waals surface area contributed by atoms with Crippen LogP contribution in [0.5, 0.6) is 0 Å². The number of nitrogens with zero attached hydrogens (tertiary/aromatic N) is 1. The number of rotatable bonds is 4. The second-order valence-corrected chi connectivity index (χ2v) is 7.49. The summed E-state index contributed by atoms with van der Waals surface area (Å²) < 4.78 is 65.8. The summed E-state index contributed by atoms with van der Waals surface area (Å²) in [5.74, 6) is -3.27. The van der Waals surface area contributed by atoms with E-state index < -0.39 is 33.5 Å². The summed E-state index contributed by atoms with van der Waals surface area (Å²) >= 11 is 0. The quantitative estimate of drug-likeness (QED) is 0.633. The zero-order valence-corrected chi connectivity index (χ0v) is 13.1. The Labute approximate surface area is 132 Å². The summed E-state index contributed by atoms with van der Waals surface area (Å²) in [6.07, 6.45) is 0.00806. The SMILES string of the molecule is Cc1ccc(S(=O)(=O)N2C[C@H]2Cc2cc(F)c(F)cc2F)cc1. The van der Waals surface area contributed by atoms with Crippen molar-refractivity contribution in [2.24, 2.45) is 0 Å². The molecule has 1 heterocycles. The molecule has 0 aromatic heterocycles. The van der Waals surface area contributed by atoms with Gasteiger partial charge in [-0.25, -0.2) is 21.6 Å². The maximum absolute atomic E-state index is 13.6. The summed E-state index contributed by atoms with van der Waals surface area (Å²) in [5, 5.41) is 0. The maximum atomic E-state index is 13.6. The van der Waals surface area contributed by atoms with E-state index in [0.717, 1.165) is 11.6 Å². The van der Waals surface area contributed by atoms with E-state index in [1.807, 2.05) is 6.92 Å². The molecular weight excluding hydrogens is 327 g/mol. The Bertz CT molecular complexity index is 850. The molecule has 3 nitrogen and oxygen atoms in total. The molecule has 23 heavy (non-hydrogen) atoms.